The number of thiophene rings is 1. The average molecular weight is 798 g/mol. The van der Waals surface area contributed by atoms with Crippen molar-refractivity contribution in [2.45, 2.75) is 0 Å². The molecular weight excluding hydrogens is 767 g/mol. The number of benzene rings is 8. The van der Waals surface area contributed by atoms with E-state index in [1.54, 1.807) is 0 Å². The largest absolute Gasteiger partial charge is 0.452 e. The number of hydrogen-bond donors (Lipinski definition) is 0. The zero-order chi connectivity index (χ0) is 40.0. The van der Waals surface area contributed by atoms with E-state index in [-0.39, 0.29) is 0 Å². The van der Waals surface area contributed by atoms with Gasteiger partial charge in [0.1, 0.15) is 22.6 Å². The molecule has 0 N–H and O–H groups in total. The SMILES string of the molecule is c1ccc(-c2nc(-n3c4ccc(-c5nc(-c6ccccc6)c6oc7ccccc7c6n5)cc4c4cc(-c5cccc6c5sc5ccccc56)ccc43)c3ccccc3n2)cc1. The van der Waals surface area contributed by atoms with Crippen molar-refractivity contribution in [2.75, 3.05) is 0 Å². The van der Waals surface area contributed by atoms with Crippen LogP contribution in [0.3, 0.4) is 0 Å². The number of fused-ring (bicyclic) bond motifs is 10. The molecule has 61 heavy (non-hydrogen) atoms. The van der Waals surface area contributed by atoms with Crippen molar-refractivity contribution in [3.8, 4) is 51.0 Å². The number of furan rings is 1. The molecule has 0 radical (unpaired) electrons. The molecule has 284 valence electrons. The average Bonchev–Trinajstić information content (AvgIpc) is 4.01. The van der Waals surface area contributed by atoms with Crippen LogP contribution in [0.2, 0.25) is 0 Å². The van der Waals surface area contributed by atoms with Crippen LogP contribution in [0.4, 0.5) is 0 Å². The molecular formula is C54H31N5OS. The Hall–Kier alpha value is -8.00. The third-order valence-corrected chi connectivity index (χ3v) is 13.1. The van der Waals surface area contributed by atoms with E-state index in [1.807, 2.05) is 72.0 Å². The Bertz CT molecular complexity index is 3890. The van der Waals surface area contributed by atoms with Crippen LogP contribution in [-0.4, -0.2) is 24.5 Å². The minimum atomic E-state index is 0.630. The molecule has 0 aliphatic heterocycles. The van der Waals surface area contributed by atoms with E-state index in [4.69, 9.17) is 24.4 Å². The number of nitrogens with zero attached hydrogens (tertiary/aromatic N) is 5. The van der Waals surface area contributed by atoms with Gasteiger partial charge in [-0.05, 0) is 71.8 Å². The monoisotopic (exact) mass is 797 g/mol. The van der Waals surface area contributed by atoms with Gasteiger partial charge in [0.2, 0.25) is 0 Å². The molecule has 0 saturated heterocycles. The Kier molecular flexibility index (Phi) is 7.37. The van der Waals surface area contributed by atoms with Gasteiger partial charge in [0.25, 0.3) is 0 Å². The van der Waals surface area contributed by atoms with E-state index in [0.717, 1.165) is 83.0 Å². The lowest BCUT2D eigenvalue weighted by molar-refractivity contribution is 0.667. The lowest BCUT2D eigenvalue weighted by atomic mass is 10.00. The minimum Gasteiger partial charge on any atom is -0.452 e. The first-order valence-corrected chi connectivity index (χ1v) is 21.1. The van der Waals surface area contributed by atoms with Crippen molar-refractivity contribution < 1.29 is 4.42 Å². The summed E-state index contributed by atoms with van der Waals surface area (Å²) in [6.07, 6.45) is 0. The fourth-order valence-electron chi connectivity index (χ4n) is 8.99. The first-order chi connectivity index (χ1) is 30.2. The van der Waals surface area contributed by atoms with Crippen molar-refractivity contribution >= 4 is 86.3 Å². The van der Waals surface area contributed by atoms with Gasteiger partial charge < -0.3 is 4.42 Å². The van der Waals surface area contributed by atoms with Crippen LogP contribution >= 0.6 is 11.3 Å². The van der Waals surface area contributed by atoms with Crippen LogP contribution in [0.5, 0.6) is 0 Å². The van der Waals surface area contributed by atoms with Crippen LogP contribution in [0.1, 0.15) is 0 Å². The summed E-state index contributed by atoms with van der Waals surface area (Å²) in [6.45, 7) is 0. The van der Waals surface area contributed by atoms with E-state index in [1.165, 1.54) is 25.7 Å². The van der Waals surface area contributed by atoms with Crippen molar-refractivity contribution in [1.82, 2.24) is 24.5 Å². The van der Waals surface area contributed by atoms with Gasteiger partial charge in [-0.2, -0.15) is 0 Å². The molecule has 5 aromatic heterocycles. The summed E-state index contributed by atoms with van der Waals surface area (Å²) < 4.78 is 11.3. The van der Waals surface area contributed by atoms with Crippen molar-refractivity contribution in [3.63, 3.8) is 0 Å². The summed E-state index contributed by atoms with van der Waals surface area (Å²) in [7, 11) is 0. The molecule has 7 heteroatoms. The van der Waals surface area contributed by atoms with Gasteiger partial charge in [-0.1, -0.05) is 127 Å². The van der Waals surface area contributed by atoms with Gasteiger partial charge in [0.05, 0.1) is 16.6 Å². The standard InChI is InChI=1S/C54H31N5OS/c1-3-14-32(15-4-1)48-50-49(40-20-8-11-24-46(40)60-50)57-53(56-48)35-27-29-45-42(31-35)41-30-34(36-21-13-22-38-37-18-9-12-25-47(37)61-51(36)38)26-28-44(41)59(45)54-39-19-7-10-23-43(39)55-52(58-54)33-16-5-2-6-17-33/h1-31H. The Morgan fingerprint density at radius 1 is 0.426 bits per heavy atom. The highest BCUT2D eigenvalue weighted by Crippen LogP contribution is 2.43. The Balaban J connectivity index is 1.10. The molecule has 0 atom stereocenters. The molecule has 0 bridgehead atoms. The quantitative estimate of drug-likeness (QED) is 0.173. The van der Waals surface area contributed by atoms with Gasteiger partial charge in [-0.3, -0.25) is 4.57 Å². The van der Waals surface area contributed by atoms with Gasteiger partial charge >= 0.3 is 0 Å². The number of rotatable bonds is 5. The van der Waals surface area contributed by atoms with Crippen LogP contribution in [0, 0.1) is 0 Å². The number of aromatic nitrogens is 5. The maximum absolute atomic E-state index is 6.45. The summed E-state index contributed by atoms with van der Waals surface area (Å²) in [5.74, 6) is 2.13. The van der Waals surface area contributed by atoms with E-state index in [0.29, 0.717) is 17.2 Å². The van der Waals surface area contributed by atoms with Crippen molar-refractivity contribution in [1.29, 1.82) is 0 Å². The third kappa shape index (κ3) is 5.27. The normalized spacial score (nSPS) is 11.9. The van der Waals surface area contributed by atoms with E-state index in [9.17, 15) is 0 Å². The summed E-state index contributed by atoms with van der Waals surface area (Å²) >= 11 is 1.85. The van der Waals surface area contributed by atoms with Gasteiger partial charge in [0.15, 0.2) is 17.2 Å². The van der Waals surface area contributed by atoms with Crippen LogP contribution in [0.25, 0.3) is 126 Å². The maximum atomic E-state index is 6.45. The zero-order valence-corrected chi connectivity index (χ0v) is 33.3. The van der Waals surface area contributed by atoms with Crippen molar-refractivity contribution in [3.05, 3.63) is 188 Å². The van der Waals surface area contributed by atoms with Crippen LogP contribution in [0.15, 0.2) is 192 Å². The predicted molar refractivity (Wildman–Crippen MR) is 251 cm³/mol. The zero-order valence-electron chi connectivity index (χ0n) is 32.5. The van der Waals surface area contributed by atoms with Crippen LogP contribution < -0.4 is 0 Å². The number of hydrogen-bond acceptors (Lipinski definition) is 6. The fraction of sp³-hybridized carbons (Fsp3) is 0. The molecule has 13 aromatic rings. The Labute approximate surface area is 352 Å². The highest BCUT2D eigenvalue weighted by molar-refractivity contribution is 7.26. The lowest BCUT2D eigenvalue weighted by Crippen LogP contribution is -2.02. The molecule has 0 unspecified atom stereocenters. The molecule has 0 amide bonds. The molecule has 0 aliphatic carbocycles. The van der Waals surface area contributed by atoms with Crippen LogP contribution in [-0.2, 0) is 0 Å². The van der Waals surface area contributed by atoms with E-state index >= 15 is 0 Å². The molecule has 6 nitrogen and oxygen atoms in total. The second-order valence-electron chi connectivity index (χ2n) is 15.4. The molecule has 0 spiro atoms. The second-order valence-corrected chi connectivity index (χ2v) is 16.4. The van der Waals surface area contributed by atoms with Gasteiger partial charge in [-0.25, -0.2) is 19.9 Å². The van der Waals surface area contributed by atoms with Gasteiger partial charge in [0, 0.05) is 58.4 Å². The topological polar surface area (TPSA) is 69.6 Å². The summed E-state index contributed by atoms with van der Waals surface area (Å²) in [6, 6.07) is 65.6. The Morgan fingerprint density at radius 3 is 1.89 bits per heavy atom. The van der Waals surface area contributed by atoms with E-state index in [2.05, 4.69) is 132 Å². The number of para-hydroxylation sites is 2. The fourth-order valence-corrected chi connectivity index (χ4v) is 10.2. The van der Waals surface area contributed by atoms with Crippen molar-refractivity contribution in [2.24, 2.45) is 0 Å². The summed E-state index contributed by atoms with van der Waals surface area (Å²) in [4.78, 5) is 20.9. The third-order valence-electron chi connectivity index (χ3n) is 11.8. The molecule has 8 aromatic carbocycles. The molecule has 0 fully saturated rings. The molecule has 0 aliphatic rings. The first kappa shape index (κ1) is 33.9. The second kappa shape index (κ2) is 13.3. The lowest BCUT2D eigenvalue weighted by Gasteiger charge is -2.13. The smallest absolute Gasteiger partial charge is 0.180 e. The molecule has 0 saturated carbocycles. The first-order valence-electron chi connectivity index (χ1n) is 20.3. The molecule has 5 heterocycles. The predicted octanol–water partition coefficient (Wildman–Crippen LogP) is 14.5. The van der Waals surface area contributed by atoms with E-state index < -0.39 is 0 Å². The highest BCUT2D eigenvalue weighted by Gasteiger charge is 2.22. The summed E-state index contributed by atoms with van der Waals surface area (Å²) in [5.41, 5.74) is 11.2. The maximum Gasteiger partial charge on any atom is 0.180 e. The summed E-state index contributed by atoms with van der Waals surface area (Å²) in [5, 5.41) is 6.67. The minimum absolute atomic E-state index is 0.630. The molecule has 13 rings (SSSR count). The highest BCUT2D eigenvalue weighted by atomic mass is 32.1. The Morgan fingerprint density at radius 2 is 1.07 bits per heavy atom. The van der Waals surface area contributed by atoms with Gasteiger partial charge in [-0.15, -0.1) is 11.3 Å².